The van der Waals surface area contributed by atoms with E-state index in [0.29, 0.717) is 19.1 Å². The zero-order valence-corrected chi connectivity index (χ0v) is 18.2. The first-order valence-corrected chi connectivity index (χ1v) is 10.9. The Morgan fingerprint density at radius 1 is 1.03 bits per heavy atom. The molecule has 1 amide bonds. The van der Waals surface area contributed by atoms with E-state index in [1.807, 2.05) is 18.7 Å². The van der Waals surface area contributed by atoms with Gasteiger partial charge in [0.05, 0.1) is 11.5 Å². The third kappa shape index (κ3) is 3.82. The molecule has 1 atom stereocenters. The Bertz CT molecular complexity index is 870. The zero-order valence-electron chi connectivity index (χ0n) is 18.2. The molecule has 0 N–H and O–H groups in total. The average Bonchev–Trinajstić information content (AvgIpc) is 2.99. The van der Waals surface area contributed by atoms with E-state index in [1.165, 1.54) is 18.4 Å². The molecule has 29 heavy (non-hydrogen) atoms. The van der Waals surface area contributed by atoms with Crippen molar-refractivity contribution in [3.05, 3.63) is 47.0 Å². The quantitative estimate of drug-likeness (QED) is 0.801. The van der Waals surface area contributed by atoms with Crippen molar-refractivity contribution in [2.75, 3.05) is 26.7 Å². The molecule has 4 rings (SSSR count). The second-order valence-electron chi connectivity index (χ2n) is 9.15. The summed E-state index contributed by atoms with van der Waals surface area (Å²) in [7, 11) is 2.18. The topological polar surface area (TPSA) is 54.3 Å². The summed E-state index contributed by atoms with van der Waals surface area (Å²) in [5.41, 5.74) is 1.75. The highest BCUT2D eigenvalue weighted by Gasteiger charge is 2.35. The normalized spacial score (nSPS) is 21.0. The highest BCUT2D eigenvalue weighted by Crippen LogP contribution is 2.30. The molecular weight excluding hydrogens is 362 g/mol. The Kier molecular flexibility index (Phi) is 5.47. The van der Waals surface area contributed by atoms with Crippen LogP contribution in [0.3, 0.4) is 0 Å². The minimum Gasteiger partial charge on any atom is -0.340 e. The molecule has 0 saturated carbocycles. The van der Waals surface area contributed by atoms with Crippen LogP contribution in [0.25, 0.3) is 0 Å². The molecule has 3 heterocycles. The van der Waals surface area contributed by atoms with Crippen molar-refractivity contribution in [3.63, 3.8) is 0 Å². The average molecular weight is 396 g/mol. The summed E-state index contributed by atoms with van der Waals surface area (Å²) in [5, 5.41) is 9.05. The predicted octanol–water partition coefficient (Wildman–Crippen LogP) is 3.11. The van der Waals surface area contributed by atoms with Crippen LogP contribution in [-0.4, -0.2) is 57.2 Å². The summed E-state index contributed by atoms with van der Waals surface area (Å²) in [5.74, 6) is 2.29. The van der Waals surface area contributed by atoms with Crippen molar-refractivity contribution in [1.82, 2.24) is 24.6 Å². The van der Waals surface area contributed by atoms with Gasteiger partial charge in [0.15, 0.2) is 0 Å². The van der Waals surface area contributed by atoms with Crippen molar-refractivity contribution in [2.24, 2.45) is 0 Å². The molecule has 0 radical (unpaired) electrons. The lowest BCUT2D eigenvalue weighted by atomic mass is 9.82. The Morgan fingerprint density at radius 2 is 1.79 bits per heavy atom. The summed E-state index contributed by atoms with van der Waals surface area (Å²) < 4.78 is 2.28. The molecule has 2 aliphatic heterocycles. The molecule has 1 aromatic heterocycles. The highest BCUT2D eigenvalue weighted by molar-refractivity contribution is 5.87. The number of carbonyl (C=O) groups is 1. The van der Waals surface area contributed by atoms with E-state index in [2.05, 4.69) is 57.9 Å². The van der Waals surface area contributed by atoms with Crippen LogP contribution in [0.2, 0.25) is 0 Å². The number of nitrogens with zero attached hydrogens (tertiary/aromatic N) is 5. The van der Waals surface area contributed by atoms with Gasteiger partial charge in [0, 0.05) is 26.1 Å². The second kappa shape index (κ2) is 7.90. The van der Waals surface area contributed by atoms with Crippen LogP contribution in [0.1, 0.15) is 61.9 Å². The van der Waals surface area contributed by atoms with Crippen LogP contribution in [0.4, 0.5) is 0 Å². The van der Waals surface area contributed by atoms with Crippen LogP contribution >= 0.6 is 0 Å². The fourth-order valence-electron chi connectivity index (χ4n) is 4.69. The Balaban J connectivity index is 1.51. The SMILES string of the molecule is Cc1ccc(C(C)(C)C(=O)N2CCc3nnc([C@H]4CCCCN4C)n3CC2)cc1. The number of aryl methyl sites for hydroxylation is 1. The summed E-state index contributed by atoms with van der Waals surface area (Å²) >= 11 is 0. The number of carbonyl (C=O) groups excluding carboxylic acids is 1. The molecule has 0 spiro atoms. The molecule has 1 fully saturated rings. The number of piperidine rings is 1. The van der Waals surface area contributed by atoms with Gasteiger partial charge < -0.3 is 9.47 Å². The lowest BCUT2D eigenvalue weighted by Crippen LogP contribution is -2.44. The first-order chi connectivity index (χ1) is 13.9. The van der Waals surface area contributed by atoms with Crippen LogP contribution in [0.15, 0.2) is 24.3 Å². The van der Waals surface area contributed by atoms with E-state index in [4.69, 9.17) is 0 Å². The van der Waals surface area contributed by atoms with Crippen molar-refractivity contribution >= 4 is 5.91 Å². The van der Waals surface area contributed by atoms with Crippen molar-refractivity contribution in [1.29, 1.82) is 0 Å². The first-order valence-electron chi connectivity index (χ1n) is 10.9. The van der Waals surface area contributed by atoms with Gasteiger partial charge in [-0.05, 0) is 52.8 Å². The number of likely N-dealkylation sites (tertiary alicyclic amines) is 1. The van der Waals surface area contributed by atoms with Gasteiger partial charge in [-0.15, -0.1) is 10.2 Å². The summed E-state index contributed by atoms with van der Waals surface area (Å²) in [4.78, 5) is 17.9. The lowest BCUT2D eigenvalue weighted by molar-refractivity contribution is -0.136. The summed E-state index contributed by atoms with van der Waals surface area (Å²) in [6.45, 7) is 9.44. The van der Waals surface area contributed by atoms with Crippen molar-refractivity contribution in [2.45, 2.75) is 64.5 Å². The second-order valence-corrected chi connectivity index (χ2v) is 9.15. The smallest absolute Gasteiger partial charge is 0.232 e. The molecular formula is C23H33N5O. The van der Waals surface area contributed by atoms with Crippen LogP contribution < -0.4 is 0 Å². The van der Waals surface area contributed by atoms with Gasteiger partial charge >= 0.3 is 0 Å². The van der Waals surface area contributed by atoms with Gasteiger partial charge in [-0.3, -0.25) is 9.69 Å². The number of hydrogen-bond donors (Lipinski definition) is 0. The standard InChI is InChI=1S/C23H33N5O/c1-17-8-10-18(11-9-17)23(2,3)22(29)27-14-12-20-24-25-21(28(20)16-15-27)19-7-5-6-13-26(19)4/h8-11,19H,5-7,12-16H2,1-4H3/t19-/m1/s1. The maximum Gasteiger partial charge on any atom is 0.232 e. The minimum absolute atomic E-state index is 0.191. The largest absolute Gasteiger partial charge is 0.340 e. The van der Waals surface area contributed by atoms with Gasteiger partial charge in [-0.1, -0.05) is 36.2 Å². The third-order valence-electron chi connectivity index (χ3n) is 6.72. The fraction of sp³-hybridized carbons (Fsp3) is 0.609. The number of benzene rings is 1. The van der Waals surface area contributed by atoms with Crippen LogP contribution in [0, 0.1) is 6.92 Å². The molecule has 0 aliphatic carbocycles. The highest BCUT2D eigenvalue weighted by atomic mass is 16.2. The van der Waals surface area contributed by atoms with Crippen molar-refractivity contribution < 1.29 is 4.79 Å². The molecule has 6 nitrogen and oxygen atoms in total. The van der Waals surface area contributed by atoms with Crippen LogP contribution in [0.5, 0.6) is 0 Å². The molecule has 1 saturated heterocycles. The summed E-state index contributed by atoms with van der Waals surface area (Å²) in [6.07, 6.45) is 4.40. The number of amides is 1. The van der Waals surface area contributed by atoms with E-state index < -0.39 is 5.41 Å². The molecule has 6 heteroatoms. The van der Waals surface area contributed by atoms with Gasteiger partial charge in [-0.25, -0.2) is 0 Å². The molecule has 2 aliphatic rings. The van der Waals surface area contributed by atoms with E-state index in [0.717, 1.165) is 43.1 Å². The van der Waals surface area contributed by atoms with Gasteiger partial charge in [0.2, 0.25) is 5.91 Å². The maximum absolute atomic E-state index is 13.4. The zero-order chi connectivity index (χ0) is 20.6. The molecule has 2 aromatic rings. The van der Waals surface area contributed by atoms with Gasteiger partial charge in [0.25, 0.3) is 0 Å². The molecule has 0 bridgehead atoms. The summed E-state index contributed by atoms with van der Waals surface area (Å²) in [6, 6.07) is 8.67. The molecule has 156 valence electrons. The van der Waals surface area contributed by atoms with E-state index >= 15 is 0 Å². The fourth-order valence-corrected chi connectivity index (χ4v) is 4.69. The maximum atomic E-state index is 13.4. The number of rotatable bonds is 3. The molecule has 0 unspecified atom stereocenters. The van der Waals surface area contributed by atoms with Gasteiger partial charge in [-0.2, -0.15) is 0 Å². The Hall–Kier alpha value is -2.21. The first kappa shape index (κ1) is 20.1. The third-order valence-corrected chi connectivity index (χ3v) is 6.72. The molecule has 1 aromatic carbocycles. The van der Waals surface area contributed by atoms with E-state index in [1.54, 1.807) is 0 Å². The Labute approximate surface area is 173 Å². The minimum atomic E-state index is -0.537. The van der Waals surface area contributed by atoms with Crippen molar-refractivity contribution in [3.8, 4) is 0 Å². The lowest BCUT2D eigenvalue weighted by Gasteiger charge is -2.32. The number of fused-ring (bicyclic) bond motifs is 1. The predicted molar refractivity (Wildman–Crippen MR) is 114 cm³/mol. The van der Waals surface area contributed by atoms with E-state index in [-0.39, 0.29) is 5.91 Å². The number of hydrogen-bond acceptors (Lipinski definition) is 4. The monoisotopic (exact) mass is 395 g/mol. The van der Waals surface area contributed by atoms with E-state index in [9.17, 15) is 4.79 Å². The number of aromatic nitrogens is 3. The van der Waals surface area contributed by atoms with Crippen LogP contribution in [-0.2, 0) is 23.2 Å². The van der Waals surface area contributed by atoms with Gasteiger partial charge in [0.1, 0.15) is 11.6 Å². The Morgan fingerprint density at radius 3 is 2.52 bits per heavy atom.